The van der Waals surface area contributed by atoms with E-state index >= 15 is 0 Å². The number of nitriles is 1. The minimum Gasteiger partial charge on any atom is -0.396 e. The molecule has 0 radical (unpaired) electrons. The summed E-state index contributed by atoms with van der Waals surface area (Å²) in [4.78, 5) is 8.95. The zero-order chi connectivity index (χ0) is 18.1. The summed E-state index contributed by atoms with van der Waals surface area (Å²) < 4.78 is 10.1. The predicted octanol–water partition coefficient (Wildman–Crippen LogP) is 2.07. The number of ether oxygens (including phenoxy) is 1. The van der Waals surface area contributed by atoms with Crippen molar-refractivity contribution in [1.29, 1.82) is 5.26 Å². The van der Waals surface area contributed by atoms with Gasteiger partial charge in [-0.1, -0.05) is 6.07 Å². The van der Waals surface area contributed by atoms with Gasteiger partial charge in [0.25, 0.3) is 0 Å². The van der Waals surface area contributed by atoms with Crippen LogP contribution >= 0.6 is 0 Å². The minimum absolute atomic E-state index is 0.410. The average Bonchev–Trinajstić information content (AvgIpc) is 3.14. The second-order valence-electron chi connectivity index (χ2n) is 6.56. The van der Waals surface area contributed by atoms with Crippen molar-refractivity contribution in [3.8, 4) is 6.07 Å². The summed E-state index contributed by atoms with van der Waals surface area (Å²) in [7, 11) is 0. The lowest BCUT2D eigenvalue weighted by Crippen LogP contribution is -2.33. The van der Waals surface area contributed by atoms with E-state index in [4.69, 9.17) is 15.1 Å². The molecule has 2 N–H and O–H groups in total. The van der Waals surface area contributed by atoms with E-state index in [0.29, 0.717) is 49.3 Å². The van der Waals surface area contributed by atoms with Gasteiger partial charge in [-0.2, -0.15) is 5.26 Å². The molecule has 0 unspecified atom stereocenters. The van der Waals surface area contributed by atoms with Gasteiger partial charge in [-0.3, -0.25) is 4.98 Å². The summed E-state index contributed by atoms with van der Waals surface area (Å²) in [6.45, 7) is 3.06. The van der Waals surface area contributed by atoms with E-state index in [-0.39, 0.29) is 0 Å². The number of anilines is 1. The SMILES string of the molecule is Cc1nc2nonc2c(N)c1Cc1ccc(C2(C#N)CCOCC2)nc1. The summed E-state index contributed by atoms with van der Waals surface area (Å²) in [5, 5.41) is 17.2. The number of aryl methyl sites for hydroxylation is 1. The maximum absolute atomic E-state index is 9.66. The van der Waals surface area contributed by atoms with E-state index < -0.39 is 5.41 Å². The summed E-state index contributed by atoms with van der Waals surface area (Å²) in [6, 6.07) is 6.36. The minimum atomic E-state index is -0.557. The lowest BCUT2D eigenvalue weighted by molar-refractivity contribution is 0.0663. The molecule has 1 saturated heterocycles. The first-order valence-corrected chi connectivity index (χ1v) is 8.44. The molecule has 3 aromatic rings. The van der Waals surface area contributed by atoms with Crippen molar-refractivity contribution in [2.45, 2.75) is 31.6 Å². The third-order valence-corrected chi connectivity index (χ3v) is 5.02. The fraction of sp³-hybridized carbons (Fsp3) is 0.389. The molecule has 0 spiro atoms. The molecular weight excluding hydrogens is 332 g/mol. The van der Waals surface area contributed by atoms with Crippen molar-refractivity contribution >= 4 is 16.9 Å². The third kappa shape index (κ3) is 2.66. The van der Waals surface area contributed by atoms with Crippen molar-refractivity contribution in [1.82, 2.24) is 20.3 Å². The predicted molar refractivity (Wildman–Crippen MR) is 93.1 cm³/mol. The lowest BCUT2D eigenvalue weighted by Gasteiger charge is -2.30. The maximum atomic E-state index is 9.66. The zero-order valence-electron chi connectivity index (χ0n) is 14.4. The van der Waals surface area contributed by atoms with Crippen molar-refractivity contribution < 1.29 is 9.37 Å². The smallest absolute Gasteiger partial charge is 0.226 e. The highest BCUT2D eigenvalue weighted by atomic mass is 16.6. The normalized spacial score (nSPS) is 16.5. The number of pyridine rings is 2. The summed E-state index contributed by atoms with van der Waals surface area (Å²) in [6.07, 6.45) is 3.71. The summed E-state index contributed by atoms with van der Waals surface area (Å²) in [5.74, 6) is 0. The topological polar surface area (TPSA) is 124 Å². The van der Waals surface area contributed by atoms with Crippen molar-refractivity contribution in [3.63, 3.8) is 0 Å². The van der Waals surface area contributed by atoms with Gasteiger partial charge in [-0.15, -0.1) is 0 Å². The number of nitrogens with two attached hydrogens (primary N) is 1. The van der Waals surface area contributed by atoms with Gasteiger partial charge >= 0.3 is 0 Å². The van der Waals surface area contributed by atoms with Crippen molar-refractivity contribution in [3.05, 3.63) is 40.8 Å². The first-order valence-electron chi connectivity index (χ1n) is 8.44. The molecule has 3 aromatic heterocycles. The standard InChI is InChI=1S/C18H18N6O2/c1-11-13(15(20)16-17(22-11)24-26-23-16)8-12-2-3-14(21-9-12)18(10-19)4-6-25-7-5-18/h2-3,9H,4-8,20H2,1H3. The van der Waals surface area contributed by atoms with Crippen LogP contribution in [0.3, 0.4) is 0 Å². The van der Waals surface area contributed by atoms with Gasteiger partial charge in [0.15, 0.2) is 5.52 Å². The molecule has 0 bridgehead atoms. The average molecular weight is 350 g/mol. The quantitative estimate of drug-likeness (QED) is 0.761. The van der Waals surface area contributed by atoms with Crippen LogP contribution in [0.2, 0.25) is 0 Å². The molecule has 0 aromatic carbocycles. The van der Waals surface area contributed by atoms with Crippen LogP contribution in [0.5, 0.6) is 0 Å². The zero-order valence-corrected chi connectivity index (χ0v) is 14.4. The lowest BCUT2D eigenvalue weighted by atomic mass is 9.78. The number of hydrogen-bond donors (Lipinski definition) is 1. The molecule has 4 heterocycles. The van der Waals surface area contributed by atoms with E-state index in [2.05, 4.69) is 26.4 Å². The summed E-state index contributed by atoms with van der Waals surface area (Å²) in [5.41, 5.74) is 10.5. The van der Waals surface area contributed by atoms with E-state index in [0.717, 1.165) is 22.5 Å². The molecule has 0 saturated carbocycles. The van der Waals surface area contributed by atoms with Crippen LogP contribution in [0.1, 0.15) is 35.4 Å². The van der Waals surface area contributed by atoms with Gasteiger partial charge in [0.05, 0.1) is 17.5 Å². The van der Waals surface area contributed by atoms with E-state index in [1.807, 2.05) is 19.1 Å². The summed E-state index contributed by atoms with van der Waals surface area (Å²) >= 11 is 0. The Morgan fingerprint density at radius 3 is 2.77 bits per heavy atom. The molecule has 8 nitrogen and oxygen atoms in total. The van der Waals surface area contributed by atoms with Crippen molar-refractivity contribution in [2.24, 2.45) is 0 Å². The Balaban J connectivity index is 1.63. The monoisotopic (exact) mass is 350 g/mol. The van der Waals surface area contributed by atoms with Gasteiger partial charge < -0.3 is 10.5 Å². The van der Waals surface area contributed by atoms with Crippen LogP contribution in [-0.2, 0) is 16.6 Å². The Hall–Kier alpha value is -3.05. The van der Waals surface area contributed by atoms with Crippen LogP contribution in [0.25, 0.3) is 11.2 Å². The Morgan fingerprint density at radius 1 is 1.27 bits per heavy atom. The molecular formula is C18H18N6O2. The second-order valence-corrected chi connectivity index (χ2v) is 6.56. The first kappa shape index (κ1) is 16.4. The Kier molecular flexibility index (Phi) is 4.01. The van der Waals surface area contributed by atoms with Crippen LogP contribution in [-0.4, -0.2) is 33.5 Å². The van der Waals surface area contributed by atoms with Gasteiger partial charge in [-0.25, -0.2) is 9.61 Å². The molecule has 0 atom stereocenters. The Labute approximate surface area is 150 Å². The highest BCUT2D eigenvalue weighted by Crippen LogP contribution is 2.33. The third-order valence-electron chi connectivity index (χ3n) is 5.02. The first-order chi connectivity index (χ1) is 12.6. The maximum Gasteiger partial charge on any atom is 0.226 e. The molecule has 1 aliphatic heterocycles. The van der Waals surface area contributed by atoms with E-state index in [9.17, 15) is 5.26 Å². The largest absolute Gasteiger partial charge is 0.396 e. The second kappa shape index (κ2) is 6.35. The molecule has 0 amide bonds. The Morgan fingerprint density at radius 2 is 2.08 bits per heavy atom. The molecule has 8 heteroatoms. The number of nitrogen functional groups attached to an aromatic ring is 1. The molecule has 26 heavy (non-hydrogen) atoms. The molecule has 0 aliphatic carbocycles. The van der Waals surface area contributed by atoms with E-state index in [1.165, 1.54) is 0 Å². The number of rotatable bonds is 3. The van der Waals surface area contributed by atoms with E-state index in [1.54, 1.807) is 6.20 Å². The van der Waals surface area contributed by atoms with Crippen LogP contribution < -0.4 is 5.73 Å². The molecule has 1 fully saturated rings. The number of fused-ring (bicyclic) bond motifs is 1. The van der Waals surface area contributed by atoms with Gasteiger partial charge in [0.1, 0.15) is 5.41 Å². The van der Waals surface area contributed by atoms with Crippen molar-refractivity contribution in [2.75, 3.05) is 18.9 Å². The van der Waals surface area contributed by atoms with Gasteiger partial charge in [0.2, 0.25) is 5.65 Å². The highest BCUT2D eigenvalue weighted by molar-refractivity contribution is 5.85. The number of aromatic nitrogens is 4. The van der Waals surface area contributed by atoms with Gasteiger partial charge in [-0.05, 0) is 41.7 Å². The fourth-order valence-electron chi connectivity index (χ4n) is 3.38. The fourth-order valence-corrected chi connectivity index (χ4v) is 3.38. The van der Waals surface area contributed by atoms with Crippen LogP contribution in [0, 0.1) is 18.3 Å². The molecule has 1 aliphatic rings. The highest BCUT2D eigenvalue weighted by Gasteiger charge is 2.35. The Bertz CT molecular complexity index is 983. The van der Waals surface area contributed by atoms with Crippen LogP contribution in [0.4, 0.5) is 5.69 Å². The van der Waals surface area contributed by atoms with Crippen LogP contribution in [0.15, 0.2) is 23.0 Å². The number of hydrogen-bond acceptors (Lipinski definition) is 8. The number of nitrogens with zero attached hydrogens (tertiary/aromatic N) is 5. The van der Waals surface area contributed by atoms with Gasteiger partial charge in [0, 0.05) is 37.1 Å². The molecule has 132 valence electrons. The molecule has 4 rings (SSSR count).